The van der Waals surface area contributed by atoms with Gasteiger partial charge in [0.15, 0.2) is 0 Å². The third-order valence-corrected chi connectivity index (χ3v) is 3.42. The van der Waals surface area contributed by atoms with E-state index >= 15 is 0 Å². The molecule has 0 aromatic rings. The number of ether oxygens (including phenoxy) is 1. The number of carbonyl (C=O) groups is 2. The second-order valence-electron chi connectivity index (χ2n) is 4.62. The van der Waals surface area contributed by atoms with E-state index in [-0.39, 0.29) is 11.7 Å². The Bertz CT molecular complexity index is 277. The molecule has 0 N–H and O–H groups in total. The van der Waals surface area contributed by atoms with Crippen molar-refractivity contribution in [2.75, 3.05) is 45.9 Å². The SMILES string of the molecule is O=C1CCN(C(=O)CCN2CCOCC2)CC1. The lowest BCUT2D eigenvalue weighted by Crippen LogP contribution is -2.42. The first-order valence-corrected chi connectivity index (χ1v) is 6.35. The molecule has 2 rings (SSSR count). The van der Waals surface area contributed by atoms with E-state index in [2.05, 4.69) is 4.90 Å². The van der Waals surface area contributed by atoms with E-state index in [0.717, 1.165) is 32.8 Å². The molecular weight excluding hydrogens is 220 g/mol. The molecule has 0 atom stereocenters. The molecule has 2 fully saturated rings. The molecule has 0 aliphatic carbocycles. The average molecular weight is 240 g/mol. The predicted molar refractivity (Wildman–Crippen MR) is 62.7 cm³/mol. The number of Topliss-reactive ketones (excluding diaryl/α,β-unsaturated/α-hetero) is 1. The minimum absolute atomic E-state index is 0.184. The summed E-state index contributed by atoms with van der Waals surface area (Å²) in [5.41, 5.74) is 0. The summed E-state index contributed by atoms with van der Waals surface area (Å²) in [6, 6.07) is 0. The van der Waals surface area contributed by atoms with Gasteiger partial charge in [0.1, 0.15) is 5.78 Å². The Labute approximate surface area is 102 Å². The van der Waals surface area contributed by atoms with Crippen LogP contribution in [0.1, 0.15) is 19.3 Å². The van der Waals surface area contributed by atoms with Gasteiger partial charge in [-0.2, -0.15) is 0 Å². The van der Waals surface area contributed by atoms with Gasteiger partial charge in [-0.05, 0) is 0 Å². The van der Waals surface area contributed by atoms with Crippen molar-refractivity contribution in [1.82, 2.24) is 9.80 Å². The Hall–Kier alpha value is -0.940. The maximum Gasteiger partial charge on any atom is 0.223 e. The van der Waals surface area contributed by atoms with Crippen molar-refractivity contribution in [2.24, 2.45) is 0 Å². The fourth-order valence-electron chi connectivity index (χ4n) is 2.24. The summed E-state index contributed by atoms with van der Waals surface area (Å²) in [5, 5.41) is 0. The van der Waals surface area contributed by atoms with Crippen LogP contribution < -0.4 is 0 Å². The van der Waals surface area contributed by atoms with Crippen molar-refractivity contribution in [3.05, 3.63) is 0 Å². The van der Waals surface area contributed by atoms with Gasteiger partial charge in [0.25, 0.3) is 0 Å². The van der Waals surface area contributed by atoms with Crippen LogP contribution in [0.5, 0.6) is 0 Å². The minimum atomic E-state index is 0.184. The van der Waals surface area contributed by atoms with Gasteiger partial charge in [0.05, 0.1) is 13.2 Å². The first-order valence-electron chi connectivity index (χ1n) is 6.35. The summed E-state index contributed by atoms with van der Waals surface area (Å²) in [5.74, 6) is 0.464. The van der Waals surface area contributed by atoms with Crippen LogP contribution in [0, 0.1) is 0 Å². The predicted octanol–water partition coefficient (Wildman–Crippen LogP) is -0.0998. The topological polar surface area (TPSA) is 49.9 Å². The molecule has 1 amide bonds. The van der Waals surface area contributed by atoms with Crippen molar-refractivity contribution in [2.45, 2.75) is 19.3 Å². The molecule has 2 heterocycles. The van der Waals surface area contributed by atoms with Crippen LogP contribution in [0.2, 0.25) is 0 Å². The van der Waals surface area contributed by atoms with Crippen LogP contribution in [-0.4, -0.2) is 67.4 Å². The number of morpholine rings is 1. The van der Waals surface area contributed by atoms with Gasteiger partial charge in [-0.25, -0.2) is 0 Å². The van der Waals surface area contributed by atoms with Crippen LogP contribution in [0.15, 0.2) is 0 Å². The number of likely N-dealkylation sites (tertiary alicyclic amines) is 1. The van der Waals surface area contributed by atoms with Gasteiger partial charge in [-0.3, -0.25) is 14.5 Å². The fraction of sp³-hybridized carbons (Fsp3) is 0.833. The highest BCUT2D eigenvalue weighted by Crippen LogP contribution is 2.08. The van der Waals surface area contributed by atoms with Crippen molar-refractivity contribution in [1.29, 1.82) is 0 Å². The van der Waals surface area contributed by atoms with Crippen LogP contribution >= 0.6 is 0 Å². The number of rotatable bonds is 3. The standard InChI is InChI=1S/C12H20N2O3/c15-11-1-5-14(6-2-11)12(16)3-4-13-7-9-17-10-8-13/h1-10H2. The van der Waals surface area contributed by atoms with Crippen LogP contribution in [0.25, 0.3) is 0 Å². The van der Waals surface area contributed by atoms with Crippen LogP contribution in [0.4, 0.5) is 0 Å². The van der Waals surface area contributed by atoms with Crippen molar-refractivity contribution >= 4 is 11.7 Å². The average Bonchev–Trinajstić information content (AvgIpc) is 2.38. The molecule has 0 aromatic heterocycles. The van der Waals surface area contributed by atoms with E-state index in [1.807, 2.05) is 4.90 Å². The maximum atomic E-state index is 11.9. The summed E-state index contributed by atoms with van der Waals surface area (Å²) < 4.78 is 5.26. The highest BCUT2D eigenvalue weighted by molar-refractivity contribution is 5.83. The number of hydrogen-bond acceptors (Lipinski definition) is 4. The van der Waals surface area contributed by atoms with Gasteiger partial charge in [0, 0.05) is 52.0 Å². The number of nitrogens with zero attached hydrogens (tertiary/aromatic N) is 2. The number of ketones is 1. The molecule has 96 valence electrons. The maximum absolute atomic E-state index is 11.9. The Morgan fingerprint density at radius 1 is 1.12 bits per heavy atom. The van der Waals surface area contributed by atoms with E-state index in [4.69, 9.17) is 4.74 Å². The van der Waals surface area contributed by atoms with Gasteiger partial charge in [-0.1, -0.05) is 0 Å². The van der Waals surface area contributed by atoms with Crippen LogP contribution in [0.3, 0.4) is 0 Å². The minimum Gasteiger partial charge on any atom is -0.379 e. The molecule has 0 radical (unpaired) electrons. The van der Waals surface area contributed by atoms with Crippen molar-refractivity contribution in [3.63, 3.8) is 0 Å². The number of carbonyl (C=O) groups excluding carboxylic acids is 2. The van der Waals surface area contributed by atoms with E-state index in [1.54, 1.807) is 0 Å². The summed E-state index contributed by atoms with van der Waals surface area (Å²) in [7, 11) is 0. The first-order chi connectivity index (χ1) is 8.25. The van der Waals surface area contributed by atoms with Crippen molar-refractivity contribution < 1.29 is 14.3 Å². The molecule has 2 aliphatic heterocycles. The Balaban J connectivity index is 1.67. The summed E-state index contributed by atoms with van der Waals surface area (Å²) in [6.45, 7) is 5.42. The smallest absolute Gasteiger partial charge is 0.223 e. The van der Waals surface area contributed by atoms with Gasteiger partial charge >= 0.3 is 0 Å². The Morgan fingerprint density at radius 2 is 1.76 bits per heavy atom. The Morgan fingerprint density at radius 3 is 2.41 bits per heavy atom. The summed E-state index contributed by atoms with van der Waals surface area (Å²) >= 11 is 0. The lowest BCUT2D eigenvalue weighted by Gasteiger charge is -2.29. The number of hydrogen-bond donors (Lipinski definition) is 0. The van der Waals surface area contributed by atoms with Gasteiger partial charge in [0.2, 0.25) is 5.91 Å². The monoisotopic (exact) mass is 240 g/mol. The van der Waals surface area contributed by atoms with E-state index < -0.39 is 0 Å². The molecule has 17 heavy (non-hydrogen) atoms. The zero-order valence-corrected chi connectivity index (χ0v) is 10.2. The lowest BCUT2D eigenvalue weighted by atomic mass is 10.1. The van der Waals surface area contributed by atoms with E-state index in [9.17, 15) is 9.59 Å². The first kappa shape index (κ1) is 12.5. The molecule has 2 saturated heterocycles. The molecule has 2 aliphatic rings. The largest absolute Gasteiger partial charge is 0.379 e. The second kappa shape index (κ2) is 6.12. The molecule has 0 unspecified atom stereocenters. The van der Waals surface area contributed by atoms with Crippen LogP contribution in [-0.2, 0) is 14.3 Å². The third kappa shape index (κ3) is 3.78. The normalized spacial score (nSPS) is 22.8. The molecule has 5 nitrogen and oxygen atoms in total. The third-order valence-electron chi connectivity index (χ3n) is 3.42. The molecule has 0 bridgehead atoms. The fourth-order valence-corrected chi connectivity index (χ4v) is 2.24. The number of piperidine rings is 1. The van der Waals surface area contributed by atoms with Gasteiger partial charge < -0.3 is 9.64 Å². The second-order valence-corrected chi connectivity index (χ2v) is 4.62. The number of amides is 1. The van der Waals surface area contributed by atoms with E-state index in [1.165, 1.54) is 0 Å². The molecular formula is C12H20N2O3. The molecule has 0 saturated carbocycles. The zero-order valence-electron chi connectivity index (χ0n) is 10.2. The van der Waals surface area contributed by atoms with Gasteiger partial charge in [-0.15, -0.1) is 0 Å². The molecule has 0 aromatic carbocycles. The van der Waals surface area contributed by atoms with Crippen molar-refractivity contribution in [3.8, 4) is 0 Å². The quantitative estimate of drug-likeness (QED) is 0.691. The molecule has 0 spiro atoms. The lowest BCUT2D eigenvalue weighted by molar-refractivity contribution is -0.135. The summed E-state index contributed by atoms with van der Waals surface area (Å²) in [4.78, 5) is 27.1. The summed E-state index contributed by atoms with van der Waals surface area (Å²) in [6.07, 6.45) is 1.63. The highest BCUT2D eigenvalue weighted by atomic mass is 16.5. The highest BCUT2D eigenvalue weighted by Gasteiger charge is 2.21. The Kier molecular flexibility index (Phi) is 4.50. The zero-order chi connectivity index (χ0) is 12.1. The van der Waals surface area contributed by atoms with E-state index in [0.29, 0.717) is 32.4 Å². The molecule has 5 heteroatoms.